The Labute approximate surface area is 114 Å². The van der Waals surface area contributed by atoms with E-state index in [2.05, 4.69) is 19.6 Å². The number of carbonyl (C=O) groups excluding carboxylic acids is 2. The van der Waals surface area contributed by atoms with Crippen LogP contribution in [0.25, 0.3) is 11.6 Å². The van der Waals surface area contributed by atoms with Crippen molar-refractivity contribution in [1.82, 2.24) is 14.8 Å². The van der Waals surface area contributed by atoms with Crippen LogP contribution in [0.1, 0.15) is 26.7 Å². The third kappa shape index (κ3) is 2.27. The van der Waals surface area contributed by atoms with Crippen LogP contribution in [-0.2, 0) is 16.5 Å². The average Bonchev–Trinajstić information content (AvgIpc) is 3.00. The first kappa shape index (κ1) is 13.8. The number of carbonyl (C=O) groups is 2. The van der Waals surface area contributed by atoms with Gasteiger partial charge >= 0.3 is 11.9 Å². The van der Waals surface area contributed by atoms with Crippen LogP contribution < -0.4 is 0 Å². The molecular formula is C12H13N3O5. The molecule has 0 saturated carbocycles. The molecule has 0 fully saturated rings. The predicted molar refractivity (Wildman–Crippen MR) is 66.1 cm³/mol. The minimum Gasteiger partial charge on any atom is -0.464 e. The Balaban J connectivity index is 2.57. The summed E-state index contributed by atoms with van der Waals surface area (Å²) in [7, 11) is 4.06. The molecule has 0 aliphatic carbocycles. The van der Waals surface area contributed by atoms with E-state index in [1.807, 2.05) is 0 Å². The smallest absolute Gasteiger partial charge is 0.376 e. The summed E-state index contributed by atoms with van der Waals surface area (Å²) >= 11 is 0. The van der Waals surface area contributed by atoms with E-state index in [1.54, 1.807) is 20.0 Å². The molecule has 2 rings (SSSR count). The number of ether oxygens (including phenoxy) is 2. The van der Waals surface area contributed by atoms with Crippen LogP contribution in [0.5, 0.6) is 0 Å². The number of hydrogen-bond acceptors (Lipinski definition) is 7. The average molecular weight is 279 g/mol. The van der Waals surface area contributed by atoms with Gasteiger partial charge in [0.25, 0.3) is 0 Å². The molecule has 2 heterocycles. The molecule has 0 aromatic carbocycles. The van der Waals surface area contributed by atoms with Gasteiger partial charge in [-0.1, -0.05) is 0 Å². The quantitative estimate of drug-likeness (QED) is 0.772. The Morgan fingerprint density at radius 3 is 2.40 bits per heavy atom. The van der Waals surface area contributed by atoms with E-state index in [1.165, 1.54) is 18.9 Å². The normalized spacial score (nSPS) is 10.4. The van der Waals surface area contributed by atoms with E-state index in [0.717, 1.165) is 5.69 Å². The third-order valence-electron chi connectivity index (χ3n) is 2.60. The Morgan fingerprint density at radius 1 is 1.25 bits per heavy atom. The summed E-state index contributed by atoms with van der Waals surface area (Å²) < 4.78 is 16.0. The summed E-state index contributed by atoms with van der Waals surface area (Å²) in [6.07, 6.45) is 0. The van der Waals surface area contributed by atoms with E-state index in [0.29, 0.717) is 5.69 Å². The highest BCUT2D eigenvalue weighted by atomic mass is 16.5. The highest BCUT2D eigenvalue weighted by Gasteiger charge is 2.28. The molecule has 0 saturated heterocycles. The van der Waals surface area contributed by atoms with Gasteiger partial charge in [-0.2, -0.15) is 10.1 Å². The van der Waals surface area contributed by atoms with E-state index in [9.17, 15) is 9.59 Å². The van der Waals surface area contributed by atoms with E-state index < -0.39 is 11.9 Å². The lowest BCUT2D eigenvalue weighted by Gasteiger charge is -1.96. The summed E-state index contributed by atoms with van der Waals surface area (Å²) in [5.74, 6) is -1.79. The summed E-state index contributed by atoms with van der Waals surface area (Å²) in [4.78, 5) is 27.2. The summed E-state index contributed by atoms with van der Waals surface area (Å²) in [6, 6.07) is 1.72. The van der Waals surface area contributed by atoms with Crippen molar-refractivity contribution >= 4 is 11.9 Å². The molecule has 8 heteroatoms. The van der Waals surface area contributed by atoms with Crippen LogP contribution in [0.3, 0.4) is 0 Å². The number of rotatable bonds is 3. The van der Waals surface area contributed by atoms with Crippen LogP contribution in [0, 0.1) is 6.92 Å². The van der Waals surface area contributed by atoms with Crippen molar-refractivity contribution in [2.45, 2.75) is 6.92 Å². The van der Waals surface area contributed by atoms with Gasteiger partial charge in [-0.15, -0.1) is 0 Å². The van der Waals surface area contributed by atoms with Crippen LogP contribution in [-0.4, -0.2) is 40.9 Å². The fraction of sp³-hybridized carbons (Fsp3) is 0.333. The van der Waals surface area contributed by atoms with Crippen LogP contribution >= 0.6 is 0 Å². The lowest BCUT2D eigenvalue weighted by Crippen LogP contribution is -2.10. The van der Waals surface area contributed by atoms with Gasteiger partial charge in [0.15, 0.2) is 0 Å². The molecule has 0 atom stereocenters. The first-order valence-electron chi connectivity index (χ1n) is 5.66. The van der Waals surface area contributed by atoms with Crippen LogP contribution in [0.4, 0.5) is 0 Å². The second-order valence-corrected chi connectivity index (χ2v) is 3.97. The van der Waals surface area contributed by atoms with E-state index in [4.69, 9.17) is 4.42 Å². The van der Waals surface area contributed by atoms with Crippen molar-refractivity contribution in [3.8, 4) is 11.6 Å². The molecule has 0 aliphatic rings. The van der Waals surface area contributed by atoms with Crippen molar-refractivity contribution in [3.05, 3.63) is 23.2 Å². The maximum Gasteiger partial charge on any atom is 0.376 e. The summed E-state index contributed by atoms with van der Waals surface area (Å²) in [6.45, 7) is 1.80. The molecule has 0 spiro atoms. The molecule has 0 aliphatic heterocycles. The molecule has 0 N–H and O–H groups in total. The Bertz CT molecular complexity index is 637. The maximum absolute atomic E-state index is 11.6. The number of esters is 2. The zero-order valence-electron chi connectivity index (χ0n) is 11.5. The Kier molecular flexibility index (Phi) is 3.55. The molecule has 0 amide bonds. The molecule has 0 radical (unpaired) electrons. The highest BCUT2D eigenvalue weighted by molar-refractivity contribution is 6.00. The first-order chi connectivity index (χ1) is 9.47. The first-order valence-corrected chi connectivity index (χ1v) is 5.66. The number of nitrogens with zero attached hydrogens (tertiary/aromatic N) is 3. The van der Waals surface area contributed by atoms with Crippen molar-refractivity contribution in [2.75, 3.05) is 14.2 Å². The lowest BCUT2D eigenvalue weighted by molar-refractivity contribution is 0.0527. The van der Waals surface area contributed by atoms with Gasteiger partial charge in [0.2, 0.25) is 17.3 Å². The Hall–Kier alpha value is -2.64. The molecule has 2 aromatic rings. The van der Waals surface area contributed by atoms with Gasteiger partial charge in [0.05, 0.1) is 19.9 Å². The Morgan fingerprint density at radius 2 is 1.90 bits per heavy atom. The second kappa shape index (κ2) is 5.16. The molecule has 2 aromatic heterocycles. The van der Waals surface area contributed by atoms with E-state index >= 15 is 0 Å². The number of methoxy groups -OCH3 is 2. The summed E-state index contributed by atoms with van der Waals surface area (Å²) in [5.41, 5.74) is 1.05. The number of aryl methyl sites for hydroxylation is 2. The zero-order valence-corrected chi connectivity index (χ0v) is 11.5. The van der Waals surface area contributed by atoms with Gasteiger partial charge in [0, 0.05) is 7.05 Å². The fourth-order valence-electron chi connectivity index (χ4n) is 1.71. The van der Waals surface area contributed by atoms with Gasteiger partial charge in [-0.05, 0) is 13.0 Å². The molecule has 106 valence electrons. The molecular weight excluding hydrogens is 266 g/mol. The van der Waals surface area contributed by atoms with Gasteiger partial charge < -0.3 is 13.9 Å². The fourth-order valence-corrected chi connectivity index (χ4v) is 1.71. The third-order valence-corrected chi connectivity index (χ3v) is 2.60. The molecule has 8 nitrogen and oxygen atoms in total. The monoisotopic (exact) mass is 279 g/mol. The van der Waals surface area contributed by atoms with Crippen molar-refractivity contribution in [3.63, 3.8) is 0 Å². The van der Waals surface area contributed by atoms with Gasteiger partial charge in [-0.3, -0.25) is 4.68 Å². The minimum absolute atomic E-state index is 0.0916. The second-order valence-electron chi connectivity index (χ2n) is 3.97. The van der Waals surface area contributed by atoms with Crippen LogP contribution in [0.15, 0.2) is 10.5 Å². The van der Waals surface area contributed by atoms with E-state index in [-0.39, 0.29) is 17.3 Å². The van der Waals surface area contributed by atoms with Crippen molar-refractivity contribution in [1.29, 1.82) is 0 Å². The largest absolute Gasteiger partial charge is 0.464 e. The SMILES string of the molecule is COC(=O)c1nc(-c2cc(C)nn2C)oc1C(=O)OC. The molecule has 0 unspecified atom stereocenters. The standard InChI is InChI=1S/C12H13N3O5/c1-6-5-7(15(2)14-6)10-13-8(11(16)18-3)9(20-10)12(17)19-4/h5H,1-4H3. The molecule has 0 bridgehead atoms. The topological polar surface area (TPSA) is 96.5 Å². The van der Waals surface area contributed by atoms with Crippen molar-refractivity contribution < 1.29 is 23.5 Å². The number of hydrogen-bond donors (Lipinski definition) is 0. The zero-order chi connectivity index (χ0) is 14.9. The summed E-state index contributed by atoms with van der Waals surface area (Å²) in [5, 5.41) is 4.14. The van der Waals surface area contributed by atoms with Gasteiger partial charge in [-0.25, -0.2) is 9.59 Å². The lowest BCUT2D eigenvalue weighted by atomic mass is 10.3. The number of oxazole rings is 1. The van der Waals surface area contributed by atoms with Gasteiger partial charge in [0.1, 0.15) is 5.69 Å². The number of aromatic nitrogens is 3. The van der Waals surface area contributed by atoms with Crippen molar-refractivity contribution in [2.24, 2.45) is 7.05 Å². The highest BCUT2D eigenvalue weighted by Crippen LogP contribution is 2.23. The minimum atomic E-state index is -0.803. The predicted octanol–water partition coefficient (Wildman–Crippen LogP) is 0.957. The maximum atomic E-state index is 11.6. The molecule has 20 heavy (non-hydrogen) atoms. The van der Waals surface area contributed by atoms with Crippen LogP contribution in [0.2, 0.25) is 0 Å².